The van der Waals surface area contributed by atoms with E-state index in [9.17, 15) is 4.79 Å². The molecule has 2 aromatic rings. The standard InChI is InChI=1S/C18H25N5O2/c1-14-6-9-23(21-14)17-5-3-4-15(12-17)19-18(24)20-16-7-8-22(13-16)10-11-25-2/h3-6,9,12,16H,7-8,10-11,13H2,1-2H3,(H2,19,20,24)/t16-/m1/s1. The zero-order chi connectivity index (χ0) is 17.6. The van der Waals surface area contributed by atoms with Gasteiger partial charge in [-0.3, -0.25) is 4.90 Å². The van der Waals surface area contributed by atoms with Crippen LogP contribution in [0.15, 0.2) is 36.5 Å². The van der Waals surface area contributed by atoms with Crippen LogP contribution in [0.4, 0.5) is 10.5 Å². The fourth-order valence-electron chi connectivity index (χ4n) is 3.01. The summed E-state index contributed by atoms with van der Waals surface area (Å²) in [6, 6.07) is 9.60. The van der Waals surface area contributed by atoms with Crippen molar-refractivity contribution in [3.05, 3.63) is 42.2 Å². The Bertz CT molecular complexity index is 715. The Morgan fingerprint density at radius 3 is 3.04 bits per heavy atom. The largest absolute Gasteiger partial charge is 0.383 e. The number of carbonyl (C=O) groups is 1. The third kappa shape index (κ3) is 4.80. The van der Waals surface area contributed by atoms with Gasteiger partial charge in [0.1, 0.15) is 0 Å². The number of carbonyl (C=O) groups excluding carboxylic acids is 1. The quantitative estimate of drug-likeness (QED) is 0.842. The van der Waals surface area contributed by atoms with Gasteiger partial charge < -0.3 is 15.4 Å². The van der Waals surface area contributed by atoms with Crippen LogP contribution in [0.3, 0.4) is 0 Å². The third-order valence-electron chi connectivity index (χ3n) is 4.31. The summed E-state index contributed by atoms with van der Waals surface area (Å²) in [4.78, 5) is 14.6. The van der Waals surface area contributed by atoms with Crippen LogP contribution in [0, 0.1) is 6.92 Å². The molecule has 1 fully saturated rings. The van der Waals surface area contributed by atoms with Crippen molar-refractivity contribution in [1.29, 1.82) is 0 Å². The molecule has 3 rings (SSSR count). The Kier molecular flexibility index (Phi) is 5.67. The summed E-state index contributed by atoms with van der Waals surface area (Å²) in [5, 5.41) is 10.3. The third-order valence-corrected chi connectivity index (χ3v) is 4.31. The number of hydrogen-bond acceptors (Lipinski definition) is 4. The monoisotopic (exact) mass is 343 g/mol. The van der Waals surface area contributed by atoms with Crippen LogP contribution in [0.25, 0.3) is 5.69 Å². The van der Waals surface area contributed by atoms with E-state index in [-0.39, 0.29) is 12.1 Å². The molecule has 1 aromatic carbocycles. The minimum Gasteiger partial charge on any atom is -0.383 e. The summed E-state index contributed by atoms with van der Waals surface area (Å²) < 4.78 is 6.89. The average Bonchev–Trinajstić information content (AvgIpc) is 3.22. The Hall–Kier alpha value is -2.38. The molecule has 7 nitrogen and oxygen atoms in total. The number of benzene rings is 1. The van der Waals surface area contributed by atoms with Gasteiger partial charge in [-0.05, 0) is 37.6 Å². The second-order valence-electron chi connectivity index (χ2n) is 6.33. The Morgan fingerprint density at radius 1 is 1.40 bits per heavy atom. The highest BCUT2D eigenvalue weighted by Crippen LogP contribution is 2.15. The molecule has 1 aliphatic rings. The van der Waals surface area contributed by atoms with Gasteiger partial charge >= 0.3 is 6.03 Å². The average molecular weight is 343 g/mol. The van der Waals surface area contributed by atoms with Gasteiger partial charge in [-0.15, -0.1) is 0 Å². The summed E-state index contributed by atoms with van der Waals surface area (Å²) in [6.45, 7) is 5.43. The number of aryl methyl sites for hydroxylation is 1. The van der Waals surface area contributed by atoms with Crippen molar-refractivity contribution in [1.82, 2.24) is 20.0 Å². The minimum atomic E-state index is -0.174. The second kappa shape index (κ2) is 8.13. The molecule has 1 aromatic heterocycles. The molecule has 2 heterocycles. The number of likely N-dealkylation sites (tertiary alicyclic amines) is 1. The molecule has 1 aliphatic heterocycles. The maximum absolute atomic E-state index is 12.3. The molecule has 0 saturated carbocycles. The van der Waals surface area contributed by atoms with Gasteiger partial charge in [0.05, 0.1) is 18.0 Å². The van der Waals surface area contributed by atoms with Crippen LogP contribution < -0.4 is 10.6 Å². The van der Waals surface area contributed by atoms with E-state index in [1.54, 1.807) is 11.8 Å². The topological polar surface area (TPSA) is 71.4 Å². The molecule has 0 unspecified atom stereocenters. The highest BCUT2D eigenvalue weighted by Gasteiger charge is 2.23. The number of anilines is 1. The van der Waals surface area contributed by atoms with Crippen LogP contribution >= 0.6 is 0 Å². The minimum absolute atomic E-state index is 0.174. The van der Waals surface area contributed by atoms with E-state index in [4.69, 9.17) is 4.74 Å². The molecular formula is C18H25N5O2. The predicted octanol–water partition coefficient (Wildman–Crippen LogP) is 2.02. The highest BCUT2D eigenvalue weighted by atomic mass is 16.5. The normalized spacial score (nSPS) is 17.6. The lowest BCUT2D eigenvalue weighted by Gasteiger charge is -2.16. The number of nitrogens with zero attached hydrogens (tertiary/aromatic N) is 3. The fraction of sp³-hybridized carbons (Fsp3) is 0.444. The van der Waals surface area contributed by atoms with Crippen LogP contribution in [0.5, 0.6) is 0 Å². The smallest absolute Gasteiger partial charge is 0.319 e. The fourth-order valence-corrected chi connectivity index (χ4v) is 3.01. The number of amides is 2. The van der Waals surface area contributed by atoms with Crippen molar-refractivity contribution < 1.29 is 9.53 Å². The Balaban J connectivity index is 1.53. The summed E-state index contributed by atoms with van der Waals surface area (Å²) in [6.07, 6.45) is 2.87. The maximum atomic E-state index is 12.3. The number of aromatic nitrogens is 2. The van der Waals surface area contributed by atoms with Crippen molar-refractivity contribution in [2.24, 2.45) is 0 Å². The van der Waals surface area contributed by atoms with E-state index in [1.165, 1.54) is 0 Å². The van der Waals surface area contributed by atoms with Crippen molar-refractivity contribution in [2.45, 2.75) is 19.4 Å². The molecule has 0 radical (unpaired) electrons. The van der Waals surface area contributed by atoms with Crippen molar-refractivity contribution >= 4 is 11.7 Å². The first-order chi connectivity index (χ1) is 12.1. The zero-order valence-electron chi connectivity index (χ0n) is 14.7. The van der Waals surface area contributed by atoms with E-state index in [2.05, 4.69) is 20.6 Å². The zero-order valence-corrected chi connectivity index (χ0v) is 14.7. The SMILES string of the molecule is COCCN1CC[C@@H](NC(=O)Nc2cccc(-n3ccc(C)n3)c2)C1. The van der Waals surface area contributed by atoms with Crippen LogP contribution in [-0.4, -0.2) is 60.1 Å². The molecule has 0 spiro atoms. The number of hydrogen-bond donors (Lipinski definition) is 2. The highest BCUT2D eigenvalue weighted by molar-refractivity contribution is 5.89. The number of methoxy groups -OCH3 is 1. The summed E-state index contributed by atoms with van der Waals surface area (Å²) in [5.41, 5.74) is 2.62. The predicted molar refractivity (Wildman–Crippen MR) is 97.2 cm³/mol. The first-order valence-corrected chi connectivity index (χ1v) is 8.55. The summed E-state index contributed by atoms with van der Waals surface area (Å²) >= 11 is 0. The van der Waals surface area contributed by atoms with Gasteiger partial charge in [-0.2, -0.15) is 5.10 Å². The molecule has 2 amide bonds. The lowest BCUT2D eigenvalue weighted by atomic mass is 10.2. The van der Waals surface area contributed by atoms with Crippen molar-refractivity contribution in [2.75, 3.05) is 38.7 Å². The molecule has 7 heteroatoms. The van der Waals surface area contributed by atoms with Gasteiger partial charge in [-0.1, -0.05) is 6.07 Å². The van der Waals surface area contributed by atoms with Gasteiger partial charge in [0.15, 0.2) is 0 Å². The molecule has 1 saturated heterocycles. The van der Waals surface area contributed by atoms with Gasteiger partial charge in [0.2, 0.25) is 0 Å². The molecular weight excluding hydrogens is 318 g/mol. The number of urea groups is 1. The van der Waals surface area contributed by atoms with E-state index in [1.807, 2.05) is 43.5 Å². The number of ether oxygens (including phenoxy) is 1. The van der Waals surface area contributed by atoms with Crippen LogP contribution in [0.2, 0.25) is 0 Å². The van der Waals surface area contributed by atoms with Crippen molar-refractivity contribution in [3.63, 3.8) is 0 Å². The van der Waals surface area contributed by atoms with Gasteiger partial charge in [0.25, 0.3) is 0 Å². The van der Waals surface area contributed by atoms with Gasteiger partial charge in [0, 0.05) is 44.7 Å². The maximum Gasteiger partial charge on any atom is 0.319 e. The summed E-state index contributed by atoms with van der Waals surface area (Å²) in [5.74, 6) is 0. The Labute approximate surface area is 148 Å². The van der Waals surface area contributed by atoms with Gasteiger partial charge in [-0.25, -0.2) is 9.48 Å². The second-order valence-corrected chi connectivity index (χ2v) is 6.33. The Morgan fingerprint density at radius 2 is 2.28 bits per heavy atom. The van der Waals surface area contributed by atoms with E-state index < -0.39 is 0 Å². The van der Waals surface area contributed by atoms with Crippen molar-refractivity contribution in [3.8, 4) is 5.69 Å². The molecule has 0 bridgehead atoms. The first-order valence-electron chi connectivity index (χ1n) is 8.55. The van der Waals surface area contributed by atoms with E-state index in [0.29, 0.717) is 0 Å². The number of nitrogens with one attached hydrogen (secondary N) is 2. The first kappa shape index (κ1) is 17.4. The lowest BCUT2D eigenvalue weighted by Crippen LogP contribution is -2.40. The molecule has 25 heavy (non-hydrogen) atoms. The van der Waals surface area contributed by atoms with E-state index in [0.717, 1.165) is 49.7 Å². The molecule has 0 aliphatic carbocycles. The van der Waals surface area contributed by atoms with Crippen LogP contribution in [0.1, 0.15) is 12.1 Å². The molecule has 2 N–H and O–H groups in total. The lowest BCUT2D eigenvalue weighted by molar-refractivity contribution is 0.160. The van der Waals surface area contributed by atoms with E-state index >= 15 is 0 Å². The summed E-state index contributed by atoms with van der Waals surface area (Å²) in [7, 11) is 1.71. The number of rotatable bonds is 6. The molecule has 1 atom stereocenters. The molecule has 134 valence electrons. The van der Waals surface area contributed by atoms with Crippen LogP contribution in [-0.2, 0) is 4.74 Å².